The van der Waals surface area contributed by atoms with Crippen LogP contribution in [-0.2, 0) is 4.74 Å². The monoisotopic (exact) mass is 266 g/mol. The highest BCUT2D eigenvalue weighted by molar-refractivity contribution is 5.86. The number of fused-ring (bicyclic) bond motifs is 1. The van der Waals surface area contributed by atoms with Crippen LogP contribution < -0.4 is 5.73 Å². The molecule has 0 aliphatic carbocycles. The fourth-order valence-electron chi connectivity index (χ4n) is 2.26. The van der Waals surface area contributed by atoms with Gasteiger partial charge < -0.3 is 25.8 Å². The van der Waals surface area contributed by atoms with Gasteiger partial charge in [-0.15, -0.1) is 0 Å². The van der Waals surface area contributed by atoms with Crippen molar-refractivity contribution in [3.8, 4) is 0 Å². The van der Waals surface area contributed by atoms with Crippen molar-refractivity contribution in [3.63, 3.8) is 0 Å². The molecule has 0 radical (unpaired) electrons. The first-order valence-electron chi connectivity index (χ1n) is 5.84. The van der Waals surface area contributed by atoms with Crippen molar-refractivity contribution >= 4 is 16.9 Å². The number of nitrogens with zero attached hydrogens (tertiary/aromatic N) is 3. The van der Waals surface area contributed by atoms with Gasteiger partial charge in [0, 0.05) is 6.20 Å². The second-order valence-corrected chi connectivity index (χ2v) is 4.43. The van der Waals surface area contributed by atoms with E-state index in [4.69, 9.17) is 15.6 Å². The number of ether oxygens (including phenoxy) is 1. The van der Waals surface area contributed by atoms with E-state index in [-0.39, 0.29) is 5.82 Å². The Balaban J connectivity index is 2.06. The molecule has 0 unspecified atom stereocenters. The molecule has 102 valence electrons. The second-order valence-electron chi connectivity index (χ2n) is 4.43. The van der Waals surface area contributed by atoms with E-state index >= 15 is 0 Å². The maximum Gasteiger partial charge on any atom is 0.181 e. The van der Waals surface area contributed by atoms with Gasteiger partial charge in [0.05, 0.1) is 12.0 Å². The summed E-state index contributed by atoms with van der Waals surface area (Å²) in [4.78, 5) is 4.14. The number of hydrogen-bond acceptors (Lipinski definition) is 7. The maximum atomic E-state index is 9.97. The summed E-state index contributed by atoms with van der Waals surface area (Å²) in [6.45, 7) is -0.392. The zero-order chi connectivity index (χ0) is 13.6. The fourth-order valence-corrected chi connectivity index (χ4v) is 2.26. The molecule has 8 heteroatoms. The minimum absolute atomic E-state index is 0.265. The normalized spacial score (nSPS) is 31.1. The SMILES string of the molecule is Nc1nn([C@@H]2O[C@H](CO)[C@H](O)[C@H]2O)c2ncccc12. The Hall–Kier alpha value is -1.74. The summed E-state index contributed by atoms with van der Waals surface area (Å²) >= 11 is 0. The number of aliphatic hydroxyl groups excluding tert-OH is 3. The van der Waals surface area contributed by atoms with Crippen molar-refractivity contribution in [3.05, 3.63) is 18.3 Å². The first-order valence-corrected chi connectivity index (χ1v) is 5.84. The molecule has 0 amide bonds. The summed E-state index contributed by atoms with van der Waals surface area (Å²) in [6.07, 6.45) is -2.60. The van der Waals surface area contributed by atoms with Gasteiger partial charge in [0.2, 0.25) is 0 Å². The molecule has 1 saturated heterocycles. The molecule has 3 heterocycles. The van der Waals surface area contributed by atoms with Crippen molar-refractivity contribution in [2.45, 2.75) is 24.5 Å². The van der Waals surface area contributed by atoms with Crippen molar-refractivity contribution < 1.29 is 20.1 Å². The van der Waals surface area contributed by atoms with E-state index in [2.05, 4.69) is 10.1 Å². The number of hydrogen-bond donors (Lipinski definition) is 4. The van der Waals surface area contributed by atoms with Crippen LogP contribution in [0.25, 0.3) is 11.0 Å². The summed E-state index contributed by atoms with van der Waals surface area (Å²) in [5.74, 6) is 0.265. The van der Waals surface area contributed by atoms with Crippen LogP contribution in [0.4, 0.5) is 5.82 Å². The summed E-state index contributed by atoms with van der Waals surface area (Å²) in [6, 6.07) is 3.48. The molecule has 19 heavy (non-hydrogen) atoms. The summed E-state index contributed by atoms with van der Waals surface area (Å²) in [5.41, 5.74) is 6.22. The lowest BCUT2D eigenvalue weighted by molar-refractivity contribution is -0.0565. The molecule has 1 fully saturated rings. The highest BCUT2D eigenvalue weighted by atomic mass is 16.6. The van der Waals surface area contributed by atoms with Crippen LogP contribution in [0.15, 0.2) is 18.3 Å². The van der Waals surface area contributed by atoms with Crippen LogP contribution in [0.2, 0.25) is 0 Å². The number of pyridine rings is 1. The number of aliphatic hydroxyl groups is 3. The predicted molar refractivity (Wildman–Crippen MR) is 64.9 cm³/mol. The van der Waals surface area contributed by atoms with Crippen molar-refractivity contribution in [2.24, 2.45) is 0 Å². The third kappa shape index (κ3) is 1.77. The van der Waals surface area contributed by atoms with Crippen LogP contribution in [0.1, 0.15) is 6.23 Å². The smallest absolute Gasteiger partial charge is 0.181 e. The molecule has 0 spiro atoms. The second kappa shape index (κ2) is 4.42. The fraction of sp³-hybridized carbons (Fsp3) is 0.455. The van der Waals surface area contributed by atoms with Crippen molar-refractivity contribution in [2.75, 3.05) is 12.3 Å². The van der Waals surface area contributed by atoms with E-state index in [1.807, 2.05) is 0 Å². The summed E-state index contributed by atoms with van der Waals surface area (Å²) in [7, 11) is 0. The molecule has 2 aromatic rings. The van der Waals surface area contributed by atoms with E-state index in [0.29, 0.717) is 11.0 Å². The minimum Gasteiger partial charge on any atom is -0.394 e. The van der Waals surface area contributed by atoms with Gasteiger partial charge in [-0.2, -0.15) is 5.10 Å². The van der Waals surface area contributed by atoms with Gasteiger partial charge in [0.15, 0.2) is 17.7 Å². The largest absolute Gasteiger partial charge is 0.394 e. The molecule has 1 aliphatic rings. The summed E-state index contributed by atoms with van der Waals surface area (Å²) < 4.78 is 6.73. The molecule has 4 atom stereocenters. The van der Waals surface area contributed by atoms with Crippen LogP contribution in [0.5, 0.6) is 0 Å². The van der Waals surface area contributed by atoms with Gasteiger partial charge in [-0.1, -0.05) is 0 Å². The van der Waals surface area contributed by atoms with Crippen LogP contribution in [-0.4, -0.2) is 55.0 Å². The third-order valence-corrected chi connectivity index (χ3v) is 3.25. The Morgan fingerprint density at radius 3 is 2.84 bits per heavy atom. The Kier molecular flexibility index (Phi) is 2.86. The lowest BCUT2D eigenvalue weighted by Crippen LogP contribution is -2.33. The number of rotatable bonds is 2. The molecular weight excluding hydrogens is 252 g/mol. The average molecular weight is 266 g/mol. The van der Waals surface area contributed by atoms with Crippen LogP contribution in [0, 0.1) is 0 Å². The van der Waals surface area contributed by atoms with Crippen LogP contribution in [0.3, 0.4) is 0 Å². The van der Waals surface area contributed by atoms with Crippen molar-refractivity contribution in [1.82, 2.24) is 14.8 Å². The van der Waals surface area contributed by atoms with E-state index in [1.165, 1.54) is 4.68 Å². The van der Waals surface area contributed by atoms with E-state index in [0.717, 1.165) is 0 Å². The lowest BCUT2D eigenvalue weighted by atomic mass is 10.1. The van der Waals surface area contributed by atoms with Gasteiger partial charge in [-0.25, -0.2) is 9.67 Å². The van der Waals surface area contributed by atoms with Crippen LogP contribution >= 0.6 is 0 Å². The standard InChI is InChI=1S/C11H14N4O4/c12-9-5-2-1-3-13-10(5)15(14-9)11-8(18)7(17)6(4-16)19-11/h1-3,6-8,11,16-18H,4H2,(H2,12,14)/t6-,7+,8-,11-/m1/s1. The number of nitrogens with two attached hydrogens (primary N) is 1. The molecular formula is C11H14N4O4. The van der Waals surface area contributed by atoms with E-state index in [9.17, 15) is 10.2 Å². The topological polar surface area (TPSA) is 127 Å². The molecule has 0 bridgehead atoms. The van der Waals surface area contributed by atoms with E-state index < -0.39 is 31.1 Å². The lowest BCUT2D eigenvalue weighted by Gasteiger charge is -2.15. The highest BCUT2D eigenvalue weighted by Crippen LogP contribution is 2.32. The minimum atomic E-state index is -1.21. The molecule has 5 N–H and O–H groups in total. The Bertz CT molecular complexity index is 601. The molecule has 8 nitrogen and oxygen atoms in total. The Morgan fingerprint density at radius 1 is 1.37 bits per heavy atom. The highest BCUT2D eigenvalue weighted by Gasteiger charge is 2.44. The van der Waals surface area contributed by atoms with Gasteiger partial charge in [0.1, 0.15) is 18.3 Å². The van der Waals surface area contributed by atoms with Gasteiger partial charge >= 0.3 is 0 Å². The average Bonchev–Trinajstić information content (AvgIpc) is 2.90. The first kappa shape index (κ1) is 12.3. The Labute approximate surface area is 108 Å². The Morgan fingerprint density at radius 2 is 2.16 bits per heavy atom. The zero-order valence-electron chi connectivity index (χ0n) is 9.92. The van der Waals surface area contributed by atoms with Gasteiger partial charge in [-0.3, -0.25) is 0 Å². The zero-order valence-corrected chi connectivity index (χ0v) is 9.92. The van der Waals surface area contributed by atoms with E-state index in [1.54, 1.807) is 18.3 Å². The van der Waals surface area contributed by atoms with Crippen molar-refractivity contribution in [1.29, 1.82) is 0 Å². The molecule has 0 saturated carbocycles. The number of anilines is 1. The quantitative estimate of drug-likeness (QED) is 0.528. The number of aromatic nitrogens is 3. The summed E-state index contributed by atoms with van der Waals surface area (Å²) in [5, 5.41) is 33.5. The maximum absolute atomic E-state index is 9.97. The van der Waals surface area contributed by atoms with Gasteiger partial charge in [-0.05, 0) is 12.1 Å². The molecule has 2 aromatic heterocycles. The molecule has 0 aromatic carbocycles. The first-order chi connectivity index (χ1) is 9.13. The molecule has 1 aliphatic heterocycles. The third-order valence-electron chi connectivity index (χ3n) is 3.25. The molecule has 3 rings (SSSR count). The number of nitrogen functional groups attached to an aromatic ring is 1. The van der Waals surface area contributed by atoms with Gasteiger partial charge in [0.25, 0.3) is 0 Å². The predicted octanol–water partition coefficient (Wildman–Crippen LogP) is -1.37.